The van der Waals surface area contributed by atoms with Crippen molar-refractivity contribution >= 4 is 29.9 Å². The number of guanidine groups is 1. The van der Waals surface area contributed by atoms with Gasteiger partial charge in [-0.1, -0.05) is 6.07 Å². The van der Waals surface area contributed by atoms with Gasteiger partial charge in [-0.2, -0.15) is 0 Å². The SMILES string of the molecule is CCNC(=NCCCc1ccc(OC)c(OC)c1)NCCCOCC1CCCO1.I. The Hall–Kier alpha value is -1.26. The third-order valence-corrected chi connectivity index (χ3v) is 4.77. The normalized spacial score (nSPS) is 16.1. The second-order valence-electron chi connectivity index (χ2n) is 7.04. The number of nitrogens with zero attached hydrogens (tertiary/aromatic N) is 1. The van der Waals surface area contributed by atoms with Crippen LogP contribution in [0, 0.1) is 0 Å². The van der Waals surface area contributed by atoms with Gasteiger partial charge in [-0.15, -0.1) is 24.0 Å². The maximum Gasteiger partial charge on any atom is 0.191 e. The van der Waals surface area contributed by atoms with Crippen LogP contribution in [-0.4, -0.2) is 65.7 Å². The third-order valence-electron chi connectivity index (χ3n) is 4.77. The molecule has 1 fully saturated rings. The third kappa shape index (κ3) is 10.2. The van der Waals surface area contributed by atoms with Gasteiger partial charge in [0.15, 0.2) is 17.5 Å². The van der Waals surface area contributed by atoms with Gasteiger partial charge in [0.05, 0.1) is 26.9 Å². The molecule has 0 radical (unpaired) electrons. The molecule has 7 nitrogen and oxygen atoms in total. The van der Waals surface area contributed by atoms with Crippen LogP contribution in [0.25, 0.3) is 0 Å². The molecule has 1 unspecified atom stereocenters. The molecular formula is C22H38IN3O4. The molecule has 0 saturated carbocycles. The first-order valence-electron chi connectivity index (χ1n) is 10.7. The van der Waals surface area contributed by atoms with E-state index in [0.717, 1.165) is 82.4 Å². The van der Waals surface area contributed by atoms with E-state index in [9.17, 15) is 0 Å². The van der Waals surface area contributed by atoms with Crippen LogP contribution in [0.5, 0.6) is 11.5 Å². The molecule has 1 atom stereocenters. The minimum atomic E-state index is 0. The number of aliphatic imine (C=N–C) groups is 1. The van der Waals surface area contributed by atoms with Crippen LogP contribution in [-0.2, 0) is 15.9 Å². The Kier molecular flexibility index (Phi) is 14.7. The molecule has 1 aromatic carbocycles. The first kappa shape index (κ1) is 26.8. The number of nitrogens with one attached hydrogen (secondary N) is 2. The van der Waals surface area contributed by atoms with E-state index in [-0.39, 0.29) is 24.0 Å². The summed E-state index contributed by atoms with van der Waals surface area (Å²) in [5.41, 5.74) is 1.22. The zero-order valence-corrected chi connectivity index (χ0v) is 20.9. The highest BCUT2D eigenvalue weighted by molar-refractivity contribution is 14.0. The number of hydrogen-bond acceptors (Lipinski definition) is 5. The lowest BCUT2D eigenvalue weighted by Crippen LogP contribution is -2.38. The van der Waals surface area contributed by atoms with Crippen LogP contribution in [0.15, 0.2) is 23.2 Å². The van der Waals surface area contributed by atoms with Crippen molar-refractivity contribution < 1.29 is 18.9 Å². The lowest BCUT2D eigenvalue weighted by Gasteiger charge is -2.13. The molecule has 2 rings (SSSR count). The summed E-state index contributed by atoms with van der Waals surface area (Å²) in [6, 6.07) is 6.05. The van der Waals surface area contributed by atoms with Gasteiger partial charge in [-0.25, -0.2) is 0 Å². The summed E-state index contributed by atoms with van der Waals surface area (Å²) >= 11 is 0. The molecule has 30 heavy (non-hydrogen) atoms. The molecule has 1 heterocycles. The van der Waals surface area contributed by atoms with Gasteiger partial charge in [0.1, 0.15) is 0 Å². The molecule has 0 bridgehead atoms. The number of benzene rings is 1. The number of ether oxygens (including phenoxy) is 4. The average molecular weight is 535 g/mol. The zero-order valence-electron chi connectivity index (χ0n) is 18.6. The highest BCUT2D eigenvalue weighted by atomic mass is 127. The van der Waals surface area contributed by atoms with Crippen LogP contribution < -0.4 is 20.1 Å². The van der Waals surface area contributed by atoms with Crippen LogP contribution in [0.3, 0.4) is 0 Å². The molecule has 1 aliphatic heterocycles. The van der Waals surface area contributed by atoms with E-state index >= 15 is 0 Å². The van der Waals surface area contributed by atoms with E-state index in [2.05, 4.69) is 28.6 Å². The molecule has 0 amide bonds. The Morgan fingerprint density at radius 2 is 2.00 bits per heavy atom. The summed E-state index contributed by atoms with van der Waals surface area (Å²) in [5.74, 6) is 2.39. The molecule has 0 aliphatic carbocycles. The molecule has 8 heteroatoms. The van der Waals surface area contributed by atoms with Gasteiger partial charge in [0, 0.05) is 32.8 Å². The summed E-state index contributed by atoms with van der Waals surface area (Å²) in [6.07, 6.45) is 5.44. The Morgan fingerprint density at radius 1 is 1.17 bits per heavy atom. The highest BCUT2D eigenvalue weighted by Gasteiger charge is 2.14. The molecule has 1 aliphatic rings. The van der Waals surface area contributed by atoms with Gasteiger partial charge in [-0.3, -0.25) is 4.99 Å². The number of aryl methyl sites for hydroxylation is 1. The first-order chi connectivity index (χ1) is 14.3. The Labute approximate surface area is 198 Å². The van der Waals surface area contributed by atoms with E-state index in [1.54, 1.807) is 14.2 Å². The number of halogens is 1. The number of rotatable bonds is 13. The smallest absolute Gasteiger partial charge is 0.191 e. The predicted molar refractivity (Wildman–Crippen MR) is 132 cm³/mol. The van der Waals surface area contributed by atoms with E-state index in [0.29, 0.717) is 12.7 Å². The predicted octanol–water partition coefficient (Wildman–Crippen LogP) is 3.40. The number of methoxy groups -OCH3 is 2. The van der Waals surface area contributed by atoms with Crippen molar-refractivity contribution in [2.45, 2.75) is 45.1 Å². The standard InChI is InChI=1S/C22H37N3O4.HI/c1-4-23-22(25-13-7-14-28-17-19-9-6-15-29-19)24-12-5-8-18-10-11-20(26-2)21(16-18)27-3;/h10-11,16,19H,4-9,12-15,17H2,1-3H3,(H2,23,24,25);1H. The summed E-state index contributed by atoms with van der Waals surface area (Å²) in [7, 11) is 3.31. The minimum Gasteiger partial charge on any atom is -0.493 e. The second-order valence-corrected chi connectivity index (χ2v) is 7.04. The quantitative estimate of drug-likeness (QED) is 0.175. The Balaban J connectivity index is 0.00000450. The zero-order chi connectivity index (χ0) is 20.7. The maximum atomic E-state index is 5.70. The van der Waals surface area contributed by atoms with Crippen molar-refractivity contribution in [3.05, 3.63) is 23.8 Å². The second kappa shape index (κ2) is 16.4. The van der Waals surface area contributed by atoms with E-state index < -0.39 is 0 Å². The van der Waals surface area contributed by atoms with Gasteiger partial charge in [0.2, 0.25) is 0 Å². The van der Waals surface area contributed by atoms with Crippen molar-refractivity contribution in [1.29, 1.82) is 0 Å². The molecule has 1 aromatic rings. The van der Waals surface area contributed by atoms with E-state index in [1.165, 1.54) is 5.56 Å². The van der Waals surface area contributed by atoms with Crippen molar-refractivity contribution in [2.24, 2.45) is 4.99 Å². The Bertz CT molecular complexity index is 610. The van der Waals surface area contributed by atoms with Crippen LogP contribution in [0.1, 0.15) is 38.2 Å². The molecular weight excluding hydrogens is 497 g/mol. The van der Waals surface area contributed by atoms with Crippen molar-refractivity contribution in [3.63, 3.8) is 0 Å². The minimum absolute atomic E-state index is 0. The topological polar surface area (TPSA) is 73.3 Å². The molecule has 1 saturated heterocycles. The van der Waals surface area contributed by atoms with E-state index in [4.69, 9.17) is 18.9 Å². The monoisotopic (exact) mass is 535 g/mol. The molecule has 172 valence electrons. The van der Waals surface area contributed by atoms with Crippen molar-refractivity contribution in [3.8, 4) is 11.5 Å². The van der Waals surface area contributed by atoms with Gasteiger partial charge >= 0.3 is 0 Å². The fraction of sp³-hybridized carbons (Fsp3) is 0.682. The highest BCUT2D eigenvalue weighted by Crippen LogP contribution is 2.27. The maximum absolute atomic E-state index is 5.70. The lowest BCUT2D eigenvalue weighted by molar-refractivity contribution is 0.0168. The lowest BCUT2D eigenvalue weighted by atomic mass is 10.1. The van der Waals surface area contributed by atoms with E-state index in [1.807, 2.05) is 12.1 Å². The summed E-state index contributed by atoms with van der Waals surface area (Å²) in [4.78, 5) is 4.66. The summed E-state index contributed by atoms with van der Waals surface area (Å²) in [6.45, 7) is 6.86. The van der Waals surface area contributed by atoms with Crippen LogP contribution in [0.2, 0.25) is 0 Å². The van der Waals surface area contributed by atoms with Crippen LogP contribution in [0.4, 0.5) is 0 Å². The van der Waals surface area contributed by atoms with Crippen molar-refractivity contribution in [2.75, 3.05) is 53.7 Å². The average Bonchev–Trinajstić information content (AvgIpc) is 3.26. The summed E-state index contributed by atoms with van der Waals surface area (Å²) in [5, 5.41) is 6.66. The van der Waals surface area contributed by atoms with Gasteiger partial charge in [-0.05, 0) is 56.7 Å². The van der Waals surface area contributed by atoms with Crippen molar-refractivity contribution in [1.82, 2.24) is 10.6 Å². The first-order valence-corrected chi connectivity index (χ1v) is 10.7. The molecule has 0 spiro atoms. The number of hydrogen-bond donors (Lipinski definition) is 2. The van der Waals surface area contributed by atoms with Crippen LogP contribution >= 0.6 is 24.0 Å². The van der Waals surface area contributed by atoms with Gasteiger partial charge < -0.3 is 29.6 Å². The fourth-order valence-electron chi connectivity index (χ4n) is 3.22. The fourth-order valence-corrected chi connectivity index (χ4v) is 3.22. The largest absolute Gasteiger partial charge is 0.493 e. The molecule has 2 N–H and O–H groups in total. The Morgan fingerprint density at radius 3 is 2.70 bits per heavy atom. The molecule has 0 aromatic heterocycles. The summed E-state index contributed by atoms with van der Waals surface area (Å²) < 4.78 is 21.9. The van der Waals surface area contributed by atoms with Gasteiger partial charge in [0.25, 0.3) is 0 Å².